The summed E-state index contributed by atoms with van der Waals surface area (Å²) in [6.45, 7) is 4.51. The van der Waals surface area contributed by atoms with Crippen molar-refractivity contribution in [2.45, 2.75) is 19.8 Å². The molecule has 0 radical (unpaired) electrons. The van der Waals surface area contributed by atoms with Crippen molar-refractivity contribution in [1.82, 2.24) is 14.1 Å². The summed E-state index contributed by atoms with van der Waals surface area (Å²) in [5.74, 6) is 0.539. The molecule has 0 spiro atoms. The molecule has 0 aliphatic carbocycles. The lowest BCUT2D eigenvalue weighted by atomic mass is 9.99. The molecule has 2 heterocycles. The normalized spacial score (nSPS) is 14.8. The van der Waals surface area contributed by atoms with E-state index in [9.17, 15) is 4.79 Å². The maximum atomic E-state index is 12.4. The number of aromatic nitrogens is 2. The van der Waals surface area contributed by atoms with Gasteiger partial charge in [-0.3, -0.25) is 10.1 Å². The zero-order chi connectivity index (χ0) is 19.5. The molecule has 0 unspecified atom stereocenters. The SMILES string of the molecule is CC1CCN(c2ccc(NC(=S)NC(=O)c3ccc4nsnc4c3)cc2)CC1. The molecule has 0 atom stereocenters. The fraction of sp³-hybridized carbons (Fsp3) is 0.300. The first kappa shape index (κ1) is 18.8. The fourth-order valence-corrected chi connectivity index (χ4v) is 4.01. The van der Waals surface area contributed by atoms with Crippen LogP contribution in [0.3, 0.4) is 0 Å². The minimum absolute atomic E-state index is 0.265. The third-order valence-electron chi connectivity index (χ3n) is 5.02. The summed E-state index contributed by atoms with van der Waals surface area (Å²) in [4.78, 5) is 14.8. The van der Waals surface area contributed by atoms with Crippen LogP contribution >= 0.6 is 23.9 Å². The lowest BCUT2D eigenvalue weighted by Gasteiger charge is -2.32. The highest BCUT2D eigenvalue weighted by molar-refractivity contribution is 7.80. The van der Waals surface area contributed by atoms with E-state index in [1.807, 2.05) is 12.1 Å². The molecular formula is C20H21N5OS2. The van der Waals surface area contributed by atoms with Crippen molar-refractivity contribution in [2.75, 3.05) is 23.3 Å². The minimum atomic E-state index is -0.272. The van der Waals surface area contributed by atoms with Gasteiger partial charge < -0.3 is 10.2 Å². The first-order valence-electron chi connectivity index (χ1n) is 9.28. The van der Waals surface area contributed by atoms with Crippen molar-refractivity contribution in [3.8, 4) is 0 Å². The number of amides is 1. The van der Waals surface area contributed by atoms with Gasteiger partial charge in [-0.1, -0.05) is 6.92 Å². The van der Waals surface area contributed by atoms with Gasteiger partial charge in [-0.2, -0.15) is 8.75 Å². The largest absolute Gasteiger partial charge is 0.372 e. The molecule has 4 rings (SSSR count). The van der Waals surface area contributed by atoms with Crippen molar-refractivity contribution >= 4 is 57.4 Å². The maximum absolute atomic E-state index is 12.4. The topological polar surface area (TPSA) is 70.2 Å². The Balaban J connectivity index is 1.34. The van der Waals surface area contributed by atoms with Gasteiger partial charge in [0.25, 0.3) is 5.91 Å². The first-order valence-corrected chi connectivity index (χ1v) is 10.4. The molecule has 0 bridgehead atoms. The molecule has 1 aliphatic rings. The van der Waals surface area contributed by atoms with Crippen LogP contribution in [0.25, 0.3) is 11.0 Å². The molecule has 8 heteroatoms. The Bertz CT molecular complexity index is 993. The van der Waals surface area contributed by atoms with Gasteiger partial charge in [-0.25, -0.2) is 0 Å². The van der Waals surface area contributed by atoms with Gasteiger partial charge in [0, 0.05) is 30.0 Å². The van der Waals surface area contributed by atoms with Crippen molar-refractivity contribution in [2.24, 2.45) is 5.92 Å². The minimum Gasteiger partial charge on any atom is -0.372 e. The van der Waals surface area contributed by atoms with E-state index in [1.54, 1.807) is 18.2 Å². The van der Waals surface area contributed by atoms with Gasteiger partial charge >= 0.3 is 0 Å². The summed E-state index contributed by atoms with van der Waals surface area (Å²) in [5.41, 5.74) is 4.06. The predicted molar refractivity (Wildman–Crippen MR) is 118 cm³/mol. The molecule has 1 aromatic heterocycles. The number of thiocarbonyl (C=S) groups is 1. The number of hydrogen-bond acceptors (Lipinski definition) is 6. The van der Waals surface area contributed by atoms with E-state index in [-0.39, 0.29) is 11.0 Å². The second-order valence-corrected chi connectivity index (χ2v) is 8.03. The summed E-state index contributed by atoms with van der Waals surface area (Å²) in [5, 5.41) is 6.04. The number of carbonyl (C=O) groups is 1. The van der Waals surface area contributed by atoms with E-state index in [0.717, 1.165) is 41.9 Å². The Hall–Kier alpha value is -2.58. The van der Waals surface area contributed by atoms with Crippen LogP contribution in [0.4, 0.5) is 11.4 Å². The number of hydrogen-bond donors (Lipinski definition) is 2. The number of carbonyl (C=O) groups excluding carboxylic acids is 1. The van der Waals surface area contributed by atoms with Crippen LogP contribution in [-0.4, -0.2) is 32.9 Å². The van der Waals surface area contributed by atoms with Crippen LogP contribution in [0.15, 0.2) is 42.5 Å². The highest BCUT2D eigenvalue weighted by Gasteiger charge is 2.16. The summed E-state index contributed by atoms with van der Waals surface area (Å²) in [7, 11) is 0. The van der Waals surface area contributed by atoms with Crippen LogP contribution in [0.5, 0.6) is 0 Å². The Labute approximate surface area is 173 Å². The zero-order valence-electron chi connectivity index (χ0n) is 15.5. The maximum Gasteiger partial charge on any atom is 0.257 e. The van der Waals surface area contributed by atoms with Gasteiger partial charge in [-0.05, 0) is 73.4 Å². The Kier molecular flexibility index (Phi) is 5.50. The average Bonchev–Trinajstić information content (AvgIpc) is 3.17. The smallest absolute Gasteiger partial charge is 0.257 e. The molecular weight excluding hydrogens is 390 g/mol. The summed E-state index contributed by atoms with van der Waals surface area (Å²) in [6, 6.07) is 13.4. The second-order valence-electron chi connectivity index (χ2n) is 7.09. The van der Waals surface area contributed by atoms with E-state index in [2.05, 4.69) is 43.3 Å². The number of fused-ring (bicyclic) bond motifs is 1. The summed E-state index contributed by atoms with van der Waals surface area (Å²) >= 11 is 6.41. The first-order chi connectivity index (χ1) is 13.6. The number of benzene rings is 2. The average molecular weight is 412 g/mol. The van der Waals surface area contributed by atoms with E-state index in [0.29, 0.717) is 11.1 Å². The third kappa shape index (κ3) is 4.28. The van der Waals surface area contributed by atoms with Crippen LogP contribution in [0, 0.1) is 5.92 Å². The molecule has 2 aromatic carbocycles. The lowest BCUT2D eigenvalue weighted by molar-refractivity contribution is 0.0978. The number of rotatable bonds is 3. The standard InChI is InChI=1S/C20H21N5OS2/c1-13-8-10-25(11-9-13)16-5-3-15(4-6-16)21-20(27)22-19(26)14-2-7-17-18(12-14)24-28-23-17/h2-7,12-13H,8-11H2,1H3,(H2,21,22,26,27). The van der Waals surface area contributed by atoms with Gasteiger partial charge in [0.1, 0.15) is 11.0 Å². The number of nitrogens with one attached hydrogen (secondary N) is 2. The highest BCUT2D eigenvalue weighted by atomic mass is 32.1. The van der Waals surface area contributed by atoms with Crippen molar-refractivity contribution < 1.29 is 4.79 Å². The predicted octanol–water partition coefficient (Wildman–Crippen LogP) is 4.05. The third-order valence-corrected chi connectivity index (χ3v) is 5.78. The molecule has 1 amide bonds. The van der Waals surface area contributed by atoms with Crippen molar-refractivity contribution in [3.05, 3.63) is 48.0 Å². The molecule has 0 saturated carbocycles. The van der Waals surface area contributed by atoms with Gasteiger partial charge in [0.2, 0.25) is 0 Å². The number of nitrogens with zero attached hydrogens (tertiary/aromatic N) is 3. The second kappa shape index (κ2) is 8.20. The van der Waals surface area contributed by atoms with E-state index in [4.69, 9.17) is 12.2 Å². The van der Waals surface area contributed by atoms with Gasteiger partial charge in [0.05, 0.1) is 11.7 Å². The molecule has 28 heavy (non-hydrogen) atoms. The molecule has 3 aromatic rings. The molecule has 6 nitrogen and oxygen atoms in total. The number of piperidine rings is 1. The lowest BCUT2D eigenvalue weighted by Crippen LogP contribution is -2.34. The highest BCUT2D eigenvalue weighted by Crippen LogP contribution is 2.24. The quantitative estimate of drug-likeness (QED) is 0.634. The molecule has 1 fully saturated rings. The molecule has 1 saturated heterocycles. The van der Waals surface area contributed by atoms with E-state index >= 15 is 0 Å². The van der Waals surface area contributed by atoms with Gasteiger partial charge in [0.15, 0.2) is 5.11 Å². The molecule has 2 N–H and O–H groups in total. The zero-order valence-corrected chi connectivity index (χ0v) is 17.1. The Morgan fingerprint density at radius 1 is 1.11 bits per heavy atom. The fourth-order valence-electron chi connectivity index (χ4n) is 3.28. The number of anilines is 2. The Morgan fingerprint density at radius 2 is 1.82 bits per heavy atom. The van der Waals surface area contributed by atoms with Crippen LogP contribution in [0.2, 0.25) is 0 Å². The van der Waals surface area contributed by atoms with Crippen molar-refractivity contribution in [3.63, 3.8) is 0 Å². The van der Waals surface area contributed by atoms with E-state index < -0.39 is 0 Å². The van der Waals surface area contributed by atoms with Crippen LogP contribution < -0.4 is 15.5 Å². The van der Waals surface area contributed by atoms with E-state index in [1.165, 1.54) is 18.5 Å². The van der Waals surface area contributed by atoms with Crippen LogP contribution in [-0.2, 0) is 0 Å². The monoisotopic (exact) mass is 411 g/mol. The van der Waals surface area contributed by atoms with Crippen molar-refractivity contribution in [1.29, 1.82) is 0 Å². The molecule has 1 aliphatic heterocycles. The van der Waals surface area contributed by atoms with Crippen LogP contribution in [0.1, 0.15) is 30.1 Å². The van der Waals surface area contributed by atoms with Gasteiger partial charge in [-0.15, -0.1) is 0 Å². The summed E-state index contributed by atoms with van der Waals surface area (Å²) < 4.78 is 8.30. The summed E-state index contributed by atoms with van der Waals surface area (Å²) in [6.07, 6.45) is 2.47. The Morgan fingerprint density at radius 3 is 2.57 bits per heavy atom. The molecule has 144 valence electrons.